The van der Waals surface area contributed by atoms with Gasteiger partial charge in [-0.3, -0.25) is 9.69 Å². The lowest BCUT2D eigenvalue weighted by molar-refractivity contribution is -0.177. The number of hydrogen-bond donors (Lipinski definition) is 2. The highest BCUT2D eigenvalue weighted by atomic mass is 32.2. The van der Waals surface area contributed by atoms with Crippen LogP contribution in [0, 0.1) is 0 Å². The monoisotopic (exact) mass is 568 g/mol. The largest absolute Gasteiger partial charge is 0.404 e. The first-order valence-corrected chi connectivity index (χ1v) is 15.3. The topological polar surface area (TPSA) is 99.5 Å². The maximum absolute atomic E-state index is 13.4. The van der Waals surface area contributed by atoms with Gasteiger partial charge in [0.25, 0.3) is 5.91 Å². The number of sulfonamides is 1. The van der Waals surface area contributed by atoms with Gasteiger partial charge in [0.15, 0.2) is 0 Å². The number of piperidine rings is 1. The van der Waals surface area contributed by atoms with E-state index in [1.807, 2.05) is 23.7 Å². The van der Waals surface area contributed by atoms with Gasteiger partial charge in [-0.15, -0.1) is 11.3 Å². The molecule has 7 nitrogen and oxygen atoms in total. The number of rotatable bonds is 7. The Hall–Kier alpha value is -2.41. The molecule has 0 spiro atoms. The van der Waals surface area contributed by atoms with Gasteiger partial charge in [-0.25, -0.2) is 12.7 Å². The highest BCUT2D eigenvalue weighted by molar-refractivity contribution is 7.89. The van der Waals surface area contributed by atoms with Crippen molar-refractivity contribution in [1.29, 1.82) is 0 Å². The zero-order chi connectivity index (χ0) is 27.2. The summed E-state index contributed by atoms with van der Waals surface area (Å²) in [5.41, 5.74) is 9.32. The first-order valence-electron chi connectivity index (χ1n) is 12.8. The minimum Gasteiger partial charge on any atom is -0.366 e. The van der Waals surface area contributed by atoms with Crippen LogP contribution in [0.2, 0.25) is 0 Å². The Morgan fingerprint density at radius 1 is 1.13 bits per heavy atom. The maximum atomic E-state index is 13.4. The lowest BCUT2D eigenvalue weighted by atomic mass is 9.88. The fourth-order valence-electron chi connectivity index (χ4n) is 5.78. The Kier molecular flexibility index (Phi) is 7.36. The highest BCUT2D eigenvalue weighted by Gasteiger charge is 2.45. The van der Waals surface area contributed by atoms with Crippen molar-refractivity contribution in [2.45, 2.75) is 57.3 Å². The SMILES string of the molecule is CCS(=O)(=O)N1CCC(c2c[nH]c3c(C(N)=O)cc(-c4csc(CN5CCC[C@H]5C(F)(F)F)c4)cc23)CC1. The Morgan fingerprint density at radius 2 is 1.87 bits per heavy atom. The number of carbonyl (C=O) groups is 1. The molecule has 0 saturated carbocycles. The molecular weight excluding hydrogens is 537 g/mol. The van der Waals surface area contributed by atoms with Crippen LogP contribution in [0.4, 0.5) is 13.2 Å². The lowest BCUT2D eigenvalue weighted by Crippen LogP contribution is -2.40. The molecule has 38 heavy (non-hydrogen) atoms. The number of primary amides is 1. The third kappa shape index (κ3) is 5.23. The quantitative estimate of drug-likeness (QED) is 0.417. The summed E-state index contributed by atoms with van der Waals surface area (Å²) >= 11 is 1.41. The molecule has 1 atom stereocenters. The molecule has 5 rings (SSSR count). The summed E-state index contributed by atoms with van der Waals surface area (Å²) in [5.74, 6) is -0.377. The van der Waals surface area contributed by atoms with Crippen LogP contribution in [-0.2, 0) is 16.6 Å². The molecule has 2 aliphatic heterocycles. The minimum absolute atomic E-state index is 0.0767. The summed E-state index contributed by atoms with van der Waals surface area (Å²) in [5, 5.41) is 2.76. The number of nitrogens with two attached hydrogens (primary N) is 1. The van der Waals surface area contributed by atoms with Gasteiger partial charge >= 0.3 is 6.18 Å². The van der Waals surface area contributed by atoms with Crippen molar-refractivity contribution in [3.63, 3.8) is 0 Å². The average molecular weight is 569 g/mol. The van der Waals surface area contributed by atoms with E-state index in [2.05, 4.69) is 4.98 Å². The second kappa shape index (κ2) is 10.3. The number of alkyl halides is 3. The van der Waals surface area contributed by atoms with Gasteiger partial charge in [-0.05, 0) is 85.3 Å². The second-order valence-corrected chi connectivity index (χ2v) is 13.4. The van der Waals surface area contributed by atoms with E-state index in [-0.39, 0.29) is 24.6 Å². The summed E-state index contributed by atoms with van der Waals surface area (Å²) in [6, 6.07) is 4.19. The molecule has 4 heterocycles. The summed E-state index contributed by atoms with van der Waals surface area (Å²) in [6.07, 6.45) is -0.373. The Morgan fingerprint density at radius 3 is 2.53 bits per heavy atom. The second-order valence-electron chi connectivity index (χ2n) is 10.1. The molecule has 0 aliphatic carbocycles. The van der Waals surface area contributed by atoms with E-state index in [0.29, 0.717) is 50.0 Å². The van der Waals surface area contributed by atoms with E-state index in [1.165, 1.54) is 20.5 Å². The van der Waals surface area contributed by atoms with Crippen LogP contribution in [0.25, 0.3) is 22.0 Å². The van der Waals surface area contributed by atoms with E-state index in [1.54, 1.807) is 13.0 Å². The van der Waals surface area contributed by atoms with Crippen molar-refractivity contribution in [2.24, 2.45) is 5.73 Å². The Balaban J connectivity index is 1.43. The first-order chi connectivity index (χ1) is 18.0. The number of fused-ring (bicyclic) bond motifs is 1. The molecule has 1 aromatic carbocycles. The molecule has 206 valence electrons. The third-order valence-electron chi connectivity index (χ3n) is 7.83. The van der Waals surface area contributed by atoms with Gasteiger partial charge in [0.05, 0.1) is 16.8 Å². The van der Waals surface area contributed by atoms with Gasteiger partial charge in [0.2, 0.25) is 10.0 Å². The highest BCUT2D eigenvalue weighted by Crippen LogP contribution is 2.39. The standard InChI is InChI=1S/C26H31F3N4O3S2/c1-2-38(35,36)33-8-5-16(6-9-33)22-13-31-24-20(22)11-17(12-21(24)25(30)34)18-10-19(37-15-18)14-32-7-3-4-23(32)26(27,28)29/h10-13,15-16,23,31H,2-9,14H2,1H3,(H2,30,34)/t23-/m0/s1. The van der Waals surface area contributed by atoms with Crippen LogP contribution in [0.1, 0.15) is 59.3 Å². The number of aromatic amines is 1. The first kappa shape index (κ1) is 27.2. The van der Waals surface area contributed by atoms with Crippen LogP contribution in [0.15, 0.2) is 29.8 Å². The number of nitrogens with one attached hydrogen (secondary N) is 1. The molecule has 2 fully saturated rings. The van der Waals surface area contributed by atoms with E-state index in [9.17, 15) is 26.4 Å². The van der Waals surface area contributed by atoms with Crippen molar-refractivity contribution in [2.75, 3.05) is 25.4 Å². The molecule has 2 saturated heterocycles. The molecule has 3 N–H and O–H groups in total. The average Bonchev–Trinajstić information content (AvgIpc) is 3.63. The number of benzene rings is 1. The van der Waals surface area contributed by atoms with Gasteiger partial charge in [0, 0.05) is 36.1 Å². The Bertz CT molecular complexity index is 1440. The molecule has 0 unspecified atom stereocenters. The molecular formula is C26H31F3N4O3S2. The van der Waals surface area contributed by atoms with Crippen molar-refractivity contribution in [3.05, 3.63) is 45.8 Å². The van der Waals surface area contributed by atoms with Crippen LogP contribution >= 0.6 is 11.3 Å². The molecule has 2 aromatic heterocycles. The molecule has 2 aliphatic rings. The zero-order valence-electron chi connectivity index (χ0n) is 21.1. The van der Waals surface area contributed by atoms with Crippen LogP contribution in [-0.4, -0.2) is 66.1 Å². The number of thiophene rings is 1. The molecule has 12 heteroatoms. The van der Waals surface area contributed by atoms with Gasteiger partial charge < -0.3 is 10.7 Å². The van der Waals surface area contributed by atoms with E-state index < -0.39 is 28.1 Å². The number of aromatic nitrogens is 1. The predicted octanol–water partition coefficient (Wildman–Crippen LogP) is 5.05. The summed E-state index contributed by atoms with van der Waals surface area (Å²) in [6.45, 7) is 3.18. The number of likely N-dealkylation sites (tertiary alicyclic amines) is 1. The number of nitrogens with zero attached hydrogens (tertiary/aromatic N) is 2. The van der Waals surface area contributed by atoms with E-state index in [0.717, 1.165) is 27.0 Å². The summed E-state index contributed by atoms with van der Waals surface area (Å²) in [4.78, 5) is 17.9. The zero-order valence-corrected chi connectivity index (χ0v) is 22.7. The lowest BCUT2D eigenvalue weighted by Gasteiger charge is -2.31. The summed E-state index contributed by atoms with van der Waals surface area (Å²) < 4.78 is 66.3. The predicted molar refractivity (Wildman–Crippen MR) is 143 cm³/mol. The number of H-pyrrole nitrogens is 1. The molecule has 3 aromatic rings. The van der Waals surface area contributed by atoms with Gasteiger partial charge in [0.1, 0.15) is 6.04 Å². The number of amides is 1. The molecule has 0 radical (unpaired) electrons. The number of hydrogen-bond acceptors (Lipinski definition) is 5. The number of halogens is 3. The van der Waals surface area contributed by atoms with Crippen LogP contribution < -0.4 is 5.73 Å². The normalized spacial score (nSPS) is 20.5. The van der Waals surface area contributed by atoms with Crippen LogP contribution in [0.5, 0.6) is 0 Å². The fraction of sp³-hybridized carbons (Fsp3) is 0.500. The fourth-order valence-corrected chi connectivity index (χ4v) is 7.83. The van der Waals surface area contributed by atoms with E-state index in [4.69, 9.17) is 5.73 Å². The van der Waals surface area contributed by atoms with E-state index >= 15 is 0 Å². The van der Waals surface area contributed by atoms with Crippen molar-refractivity contribution in [1.82, 2.24) is 14.2 Å². The van der Waals surface area contributed by atoms with Gasteiger partial charge in [-0.2, -0.15) is 13.2 Å². The minimum atomic E-state index is -4.24. The summed E-state index contributed by atoms with van der Waals surface area (Å²) in [7, 11) is -3.24. The van der Waals surface area contributed by atoms with Crippen molar-refractivity contribution in [3.8, 4) is 11.1 Å². The van der Waals surface area contributed by atoms with Crippen molar-refractivity contribution < 1.29 is 26.4 Å². The molecule has 1 amide bonds. The third-order valence-corrected chi connectivity index (χ3v) is 10.6. The van der Waals surface area contributed by atoms with Crippen molar-refractivity contribution >= 4 is 38.2 Å². The molecule has 0 bridgehead atoms. The Labute approximate surface area is 223 Å². The smallest absolute Gasteiger partial charge is 0.366 e. The maximum Gasteiger partial charge on any atom is 0.404 e. The van der Waals surface area contributed by atoms with Crippen LogP contribution in [0.3, 0.4) is 0 Å². The number of carbonyl (C=O) groups excluding carboxylic acids is 1. The van der Waals surface area contributed by atoms with Gasteiger partial charge in [-0.1, -0.05) is 0 Å².